The molecule has 2 N–H and O–H groups in total. The highest BCUT2D eigenvalue weighted by Gasteiger charge is 2.03. The van der Waals surface area contributed by atoms with Gasteiger partial charge in [0, 0.05) is 12.1 Å². The minimum atomic E-state index is 0.864. The number of allylic oxidation sites excluding steroid dienone is 4. The number of nitrogens with two attached hydrogens (primary N) is 1. The minimum absolute atomic E-state index is 0.864. The molecule has 2 nitrogen and oxygen atoms in total. The van der Waals surface area contributed by atoms with Crippen molar-refractivity contribution in [2.45, 2.75) is 51.9 Å². The van der Waals surface area contributed by atoms with Crippen LogP contribution in [0.15, 0.2) is 23.6 Å². The van der Waals surface area contributed by atoms with Crippen LogP contribution >= 0.6 is 0 Å². The summed E-state index contributed by atoms with van der Waals surface area (Å²) in [7, 11) is 0. The molecule has 0 atom stereocenters. The summed E-state index contributed by atoms with van der Waals surface area (Å²) in [5, 5.41) is 0. The molecule has 0 saturated carbocycles. The molecule has 0 bridgehead atoms. The Balaban J connectivity index is 2.01. The fourth-order valence-electron chi connectivity index (χ4n) is 1.66. The lowest BCUT2D eigenvalue weighted by Crippen LogP contribution is -2.04. The van der Waals surface area contributed by atoms with E-state index >= 15 is 0 Å². The topological polar surface area (TPSA) is 35.2 Å². The summed E-state index contributed by atoms with van der Waals surface area (Å²) in [5.74, 6) is 1.10. The van der Waals surface area contributed by atoms with Crippen LogP contribution < -0.4 is 5.73 Å². The van der Waals surface area contributed by atoms with Gasteiger partial charge in [0.1, 0.15) is 0 Å². The molecule has 0 saturated heterocycles. The van der Waals surface area contributed by atoms with Gasteiger partial charge in [0.25, 0.3) is 0 Å². The van der Waals surface area contributed by atoms with Gasteiger partial charge < -0.3 is 10.5 Å². The molecule has 1 rings (SSSR count). The molecule has 15 heavy (non-hydrogen) atoms. The quantitative estimate of drug-likeness (QED) is 0.651. The number of ether oxygens (including phenoxy) is 1. The van der Waals surface area contributed by atoms with E-state index in [1.54, 1.807) is 0 Å². The summed E-state index contributed by atoms with van der Waals surface area (Å²) in [4.78, 5) is 0. The Morgan fingerprint density at radius 2 is 1.93 bits per heavy atom. The third kappa shape index (κ3) is 5.50. The summed E-state index contributed by atoms with van der Waals surface area (Å²) in [6.07, 6.45) is 12.3. The second-order valence-corrected chi connectivity index (χ2v) is 4.14. The van der Waals surface area contributed by atoms with E-state index < -0.39 is 0 Å². The molecule has 1 aliphatic carbocycles. The zero-order chi connectivity index (χ0) is 10.9. The van der Waals surface area contributed by atoms with Crippen LogP contribution in [0.25, 0.3) is 0 Å². The number of unbranched alkanes of at least 4 members (excludes halogenated alkanes) is 4. The molecule has 1 aliphatic rings. The van der Waals surface area contributed by atoms with Crippen LogP contribution in [0.2, 0.25) is 0 Å². The molecule has 0 amide bonds. The van der Waals surface area contributed by atoms with Gasteiger partial charge in [0.2, 0.25) is 0 Å². The van der Waals surface area contributed by atoms with Crippen LogP contribution in [-0.4, -0.2) is 6.61 Å². The normalized spacial score (nSPS) is 15.8. The van der Waals surface area contributed by atoms with Gasteiger partial charge in [-0.3, -0.25) is 0 Å². The van der Waals surface area contributed by atoms with Gasteiger partial charge >= 0.3 is 0 Å². The van der Waals surface area contributed by atoms with Gasteiger partial charge in [-0.25, -0.2) is 0 Å². The molecular weight excluding hydrogens is 186 g/mol. The van der Waals surface area contributed by atoms with Crippen LogP contribution in [0, 0.1) is 0 Å². The van der Waals surface area contributed by atoms with Crippen LogP contribution in [0.4, 0.5) is 0 Å². The first-order valence-corrected chi connectivity index (χ1v) is 6.11. The molecule has 0 unspecified atom stereocenters. The lowest BCUT2D eigenvalue weighted by molar-refractivity contribution is 0.194. The molecule has 2 heteroatoms. The maximum Gasteiger partial charge on any atom is 0.0964 e. The summed E-state index contributed by atoms with van der Waals surface area (Å²) >= 11 is 0. The molecule has 0 aromatic rings. The molecule has 0 aromatic heterocycles. The van der Waals surface area contributed by atoms with Crippen LogP contribution in [0.1, 0.15) is 51.9 Å². The fourth-order valence-corrected chi connectivity index (χ4v) is 1.66. The Kier molecular flexibility index (Phi) is 5.98. The molecule has 0 fully saturated rings. The Hall–Kier alpha value is -0.920. The van der Waals surface area contributed by atoms with Crippen molar-refractivity contribution in [1.29, 1.82) is 0 Å². The average Bonchev–Trinajstić information content (AvgIpc) is 2.26. The molecular formula is C13H23NO. The maximum absolute atomic E-state index is 5.67. The predicted molar refractivity (Wildman–Crippen MR) is 64.3 cm³/mol. The SMILES string of the molecule is CCCCCCCOC1=CC=C(N)CC1. The Bertz CT molecular complexity index is 231. The van der Waals surface area contributed by atoms with Crippen molar-refractivity contribution in [2.75, 3.05) is 6.61 Å². The van der Waals surface area contributed by atoms with E-state index in [4.69, 9.17) is 10.5 Å². The van der Waals surface area contributed by atoms with E-state index in [2.05, 4.69) is 6.92 Å². The Morgan fingerprint density at radius 1 is 1.13 bits per heavy atom. The highest BCUT2D eigenvalue weighted by Crippen LogP contribution is 2.16. The smallest absolute Gasteiger partial charge is 0.0964 e. The molecule has 0 aromatic carbocycles. The molecule has 86 valence electrons. The van der Waals surface area contributed by atoms with Gasteiger partial charge in [-0.05, 0) is 25.0 Å². The van der Waals surface area contributed by atoms with Crippen molar-refractivity contribution in [2.24, 2.45) is 5.73 Å². The van der Waals surface area contributed by atoms with Crippen molar-refractivity contribution in [3.05, 3.63) is 23.6 Å². The maximum atomic E-state index is 5.67. The van der Waals surface area contributed by atoms with Gasteiger partial charge in [0.05, 0.1) is 12.4 Å². The summed E-state index contributed by atoms with van der Waals surface area (Å²) < 4.78 is 5.67. The van der Waals surface area contributed by atoms with E-state index in [1.165, 1.54) is 32.1 Å². The van der Waals surface area contributed by atoms with Crippen molar-refractivity contribution in [3.8, 4) is 0 Å². The molecule has 0 spiro atoms. The van der Waals surface area contributed by atoms with Crippen molar-refractivity contribution in [1.82, 2.24) is 0 Å². The molecule has 0 radical (unpaired) electrons. The van der Waals surface area contributed by atoms with Gasteiger partial charge in [0.15, 0.2) is 0 Å². The predicted octanol–water partition coefficient (Wildman–Crippen LogP) is 3.49. The van der Waals surface area contributed by atoms with E-state index in [-0.39, 0.29) is 0 Å². The first-order chi connectivity index (χ1) is 7.33. The van der Waals surface area contributed by atoms with E-state index in [1.807, 2.05) is 12.2 Å². The largest absolute Gasteiger partial charge is 0.498 e. The third-order valence-electron chi connectivity index (χ3n) is 2.68. The van der Waals surface area contributed by atoms with E-state index in [9.17, 15) is 0 Å². The third-order valence-corrected chi connectivity index (χ3v) is 2.68. The summed E-state index contributed by atoms with van der Waals surface area (Å²) in [5.41, 5.74) is 6.63. The van der Waals surface area contributed by atoms with Crippen molar-refractivity contribution < 1.29 is 4.74 Å². The van der Waals surface area contributed by atoms with E-state index in [0.29, 0.717) is 0 Å². The standard InChI is InChI=1S/C13H23NO/c1-2-3-4-5-6-11-15-13-9-7-12(14)8-10-13/h7,9H,2-6,8,10-11,14H2,1H3. The van der Waals surface area contributed by atoms with Crippen molar-refractivity contribution >= 4 is 0 Å². The monoisotopic (exact) mass is 209 g/mol. The number of hydrogen-bond acceptors (Lipinski definition) is 2. The molecule has 0 heterocycles. The van der Waals surface area contributed by atoms with Gasteiger partial charge in [-0.15, -0.1) is 0 Å². The zero-order valence-electron chi connectivity index (χ0n) is 9.80. The Morgan fingerprint density at radius 3 is 2.60 bits per heavy atom. The average molecular weight is 209 g/mol. The van der Waals surface area contributed by atoms with Gasteiger partial charge in [-0.2, -0.15) is 0 Å². The molecule has 0 aliphatic heterocycles. The van der Waals surface area contributed by atoms with Crippen LogP contribution in [-0.2, 0) is 4.74 Å². The number of rotatable bonds is 7. The highest BCUT2D eigenvalue weighted by molar-refractivity contribution is 5.18. The minimum Gasteiger partial charge on any atom is -0.498 e. The van der Waals surface area contributed by atoms with Crippen LogP contribution in [0.3, 0.4) is 0 Å². The summed E-state index contributed by atoms with van der Waals surface area (Å²) in [6.45, 7) is 3.10. The van der Waals surface area contributed by atoms with Crippen molar-refractivity contribution in [3.63, 3.8) is 0 Å². The first kappa shape index (κ1) is 12.2. The summed E-state index contributed by atoms with van der Waals surface area (Å²) in [6, 6.07) is 0. The lowest BCUT2D eigenvalue weighted by atomic mass is 10.1. The number of hydrogen-bond donors (Lipinski definition) is 1. The second kappa shape index (κ2) is 7.38. The Labute approximate surface area is 93.2 Å². The lowest BCUT2D eigenvalue weighted by Gasteiger charge is -2.13. The van der Waals surface area contributed by atoms with Crippen LogP contribution in [0.5, 0.6) is 0 Å². The highest BCUT2D eigenvalue weighted by atomic mass is 16.5. The first-order valence-electron chi connectivity index (χ1n) is 6.11. The van der Waals surface area contributed by atoms with E-state index in [0.717, 1.165) is 30.9 Å². The van der Waals surface area contributed by atoms with Gasteiger partial charge in [-0.1, -0.05) is 32.6 Å². The second-order valence-electron chi connectivity index (χ2n) is 4.14. The fraction of sp³-hybridized carbons (Fsp3) is 0.692. The zero-order valence-corrected chi connectivity index (χ0v) is 9.80.